The maximum absolute atomic E-state index is 11.0. The van der Waals surface area contributed by atoms with Gasteiger partial charge in [-0.1, -0.05) is 38.1 Å². The number of hydrogen-bond acceptors (Lipinski definition) is 3. The van der Waals surface area contributed by atoms with E-state index < -0.39 is 5.60 Å². The Balaban J connectivity index is 1.78. The average molecular weight is 285 g/mol. The van der Waals surface area contributed by atoms with Gasteiger partial charge in [-0.25, -0.2) is 9.67 Å². The number of hydrogen-bond donors (Lipinski definition) is 1. The minimum Gasteiger partial charge on any atom is -0.389 e. The van der Waals surface area contributed by atoms with E-state index in [9.17, 15) is 5.11 Å². The second-order valence-electron chi connectivity index (χ2n) is 6.60. The van der Waals surface area contributed by atoms with Crippen molar-refractivity contribution in [2.75, 3.05) is 0 Å². The topological polar surface area (TPSA) is 50.9 Å². The Morgan fingerprint density at radius 2 is 2.05 bits per heavy atom. The van der Waals surface area contributed by atoms with Crippen molar-refractivity contribution in [1.82, 2.24) is 14.8 Å². The van der Waals surface area contributed by atoms with Gasteiger partial charge in [-0.15, -0.1) is 0 Å². The van der Waals surface area contributed by atoms with E-state index >= 15 is 0 Å². The minimum absolute atomic E-state index is 0.521. The summed E-state index contributed by atoms with van der Waals surface area (Å²) in [5.41, 5.74) is 1.93. The van der Waals surface area contributed by atoms with Crippen LogP contribution in [0.5, 0.6) is 0 Å². The van der Waals surface area contributed by atoms with E-state index in [1.165, 1.54) is 11.1 Å². The van der Waals surface area contributed by atoms with Crippen LogP contribution < -0.4 is 0 Å². The summed E-state index contributed by atoms with van der Waals surface area (Å²) < 4.78 is 1.93. The molecule has 112 valence electrons. The van der Waals surface area contributed by atoms with Gasteiger partial charge in [0.05, 0.1) is 5.60 Å². The lowest BCUT2D eigenvalue weighted by Crippen LogP contribution is -2.39. The summed E-state index contributed by atoms with van der Waals surface area (Å²) in [6, 6.07) is 8.41. The molecule has 0 bridgehead atoms. The Kier molecular flexibility index (Phi) is 3.81. The van der Waals surface area contributed by atoms with E-state index in [-0.39, 0.29) is 0 Å². The zero-order valence-electron chi connectivity index (χ0n) is 12.8. The molecule has 0 fully saturated rings. The third kappa shape index (κ3) is 3.16. The Labute approximate surface area is 125 Å². The predicted molar refractivity (Wildman–Crippen MR) is 82.0 cm³/mol. The number of aliphatic hydroxyl groups is 1. The van der Waals surface area contributed by atoms with Crippen LogP contribution in [0.1, 0.15) is 37.2 Å². The molecule has 0 spiro atoms. The fourth-order valence-electron chi connectivity index (χ4n) is 3.15. The number of fused-ring (bicyclic) bond motifs is 1. The van der Waals surface area contributed by atoms with Gasteiger partial charge in [0.1, 0.15) is 12.2 Å². The lowest BCUT2D eigenvalue weighted by Gasteiger charge is -2.33. The fraction of sp³-hybridized carbons (Fsp3) is 0.529. The van der Waals surface area contributed by atoms with Crippen molar-refractivity contribution in [3.63, 3.8) is 0 Å². The van der Waals surface area contributed by atoms with Crippen molar-refractivity contribution in [1.29, 1.82) is 0 Å². The molecule has 3 rings (SSSR count). The van der Waals surface area contributed by atoms with Crippen LogP contribution in [0, 0.1) is 5.92 Å². The van der Waals surface area contributed by atoms with Crippen molar-refractivity contribution in [2.45, 2.75) is 51.7 Å². The largest absolute Gasteiger partial charge is 0.389 e. The first-order chi connectivity index (χ1) is 10.1. The van der Waals surface area contributed by atoms with Gasteiger partial charge >= 0.3 is 0 Å². The highest BCUT2D eigenvalue weighted by Gasteiger charge is 2.33. The molecular formula is C17H23N3O. The molecule has 0 amide bonds. The number of nitrogens with zero attached hydrogens (tertiary/aromatic N) is 3. The van der Waals surface area contributed by atoms with Crippen molar-refractivity contribution in [3.8, 4) is 0 Å². The second kappa shape index (κ2) is 5.60. The fourth-order valence-corrected chi connectivity index (χ4v) is 3.15. The molecular weight excluding hydrogens is 262 g/mol. The van der Waals surface area contributed by atoms with Gasteiger partial charge in [-0.2, -0.15) is 5.10 Å². The van der Waals surface area contributed by atoms with Crippen LogP contribution in [0.25, 0.3) is 0 Å². The van der Waals surface area contributed by atoms with Crippen LogP contribution in [0.3, 0.4) is 0 Å². The zero-order valence-corrected chi connectivity index (χ0v) is 12.8. The van der Waals surface area contributed by atoms with E-state index in [4.69, 9.17) is 0 Å². The van der Waals surface area contributed by atoms with E-state index in [1.807, 2.05) is 10.7 Å². The SMILES string of the molecule is CC(C)Cn1ncnc1CC1(O)CCc2ccccc2C1. The Hall–Kier alpha value is -1.68. The highest BCUT2D eigenvalue weighted by Crippen LogP contribution is 2.31. The van der Waals surface area contributed by atoms with Crippen LogP contribution in [-0.4, -0.2) is 25.5 Å². The summed E-state index contributed by atoms with van der Waals surface area (Å²) in [6.07, 6.45) is 4.60. The van der Waals surface area contributed by atoms with Crippen molar-refractivity contribution >= 4 is 0 Å². The third-order valence-corrected chi connectivity index (χ3v) is 4.22. The van der Waals surface area contributed by atoms with Gasteiger partial charge < -0.3 is 5.11 Å². The highest BCUT2D eigenvalue weighted by atomic mass is 16.3. The lowest BCUT2D eigenvalue weighted by atomic mass is 9.78. The van der Waals surface area contributed by atoms with E-state index in [1.54, 1.807) is 6.33 Å². The number of aromatic nitrogens is 3. The maximum atomic E-state index is 11.0. The molecule has 0 aliphatic heterocycles. The molecule has 1 N–H and O–H groups in total. The first kappa shape index (κ1) is 14.3. The van der Waals surface area contributed by atoms with Gasteiger partial charge in [0, 0.05) is 19.4 Å². The maximum Gasteiger partial charge on any atom is 0.138 e. The van der Waals surface area contributed by atoms with Crippen molar-refractivity contribution in [2.24, 2.45) is 5.92 Å². The standard InChI is InChI=1S/C17H23N3O/c1-13(2)11-20-16(18-12-19-20)10-17(21)8-7-14-5-3-4-6-15(14)9-17/h3-6,12-13,21H,7-11H2,1-2H3. The van der Waals surface area contributed by atoms with Crippen LogP contribution in [0.4, 0.5) is 0 Å². The molecule has 1 aliphatic rings. The van der Waals surface area contributed by atoms with E-state index in [0.717, 1.165) is 25.2 Å². The van der Waals surface area contributed by atoms with Gasteiger partial charge in [-0.05, 0) is 29.9 Å². The predicted octanol–water partition coefficient (Wildman–Crippen LogP) is 2.40. The van der Waals surface area contributed by atoms with Crippen LogP contribution in [0.15, 0.2) is 30.6 Å². The lowest BCUT2D eigenvalue weighted by molar-refractivity contribution is 0.0237. The van der Waals surface area contributed by atoms with Crippen LogP contribution in [-0.2, 0) is 25.8 Å². The Morgan fingerprint density at radius 1 is 1.29 bits per heavy atom. The molecule has 4 nitrogen and oxygen atoms in total. The number of aryl methyl sites for hydroxylation is 1. The zero-order chi connectivity index (χ0) is 14.9. The van der Waals surface area contributed by atoms with Crippen molar-refractivity contribution < 1.29 is 5.11 Å². The molecule has 1 aliphatic carbocycles. The molecule has 21 heavy (non-hydrogen) atoms. The van der Waals surface area contributed by atoms with Crippen LogP contribution >= 0.6 is 0 Å². The molecule has 0 saturated heterocycles. The van der Waals surface area contributed by atoms with Crippen molar-refractivity contribution in [3.05, 3.63) is 47.5 Å². The molecule has 1 unspecified atom stereocenters. The van der Waals surface area contributed by atoms with E-state index in [2.05, 4.69) is 42.1 Å². The molecule has 1 heterocycles. The van der Waals surface area contributed by atoms with Gasteiger partial charge in [0.25, 0.3) is 0 Å². The molecule has 1 atom stereocenters. The molecule has 0 saturated carbocycles. The highest BCUT2D eigenvalue weighted by molar-refractivity contribution is 5.31. The Morgan fingerprint density at radius 3 is 2.81 bits per heavy atom. The summed E-state index contributed by atoms with van der Waals surface area (Å²) in [5, 5.41) is 15.3. The molecule has 1 aromatic heterocycles. The minimum atomic E-state index is -0.698. The number of rotatable bonds is 4. The summed E-state index contributed by atoms with van der Waals surface area (Å²) >= 11 is 0. The summed E-state index contributed by atoms with van der Waals surface area (Å²) in [7, 11) is 0. The average Bonchev–Trinajstić information content (AvgIpc) is 2.84. The van der Waals surface area contributed by atoms with Gasteiger partial charge in [0.15, 0.2) is 0 Å². The molecule has 2 aromatic rings. The van der Waals surface area contributed by atoms with Gasteiger partial charge in [0.2, 0.25) is 0 Å². The smallest absolute Gasteiger partial charge is 0.138 e. The summed E-state index contributed by atoms with van der Waals surface area (Å²) in [6.45, 7) is 5.18. The molecule has 1 aromatic carbocycles. The molecule has 4 heteroatoms. The van der Waals surface area contributed by atoms with E-state index in [0.29, 0.717) is 18.8 Å². The summed E-state index contributed by atoms with van der Waals surface area (Å²) in [5.74, 6) is 1.41. The Bertz CT molecular complexity index is 620. The molecule has 0 radical (unpaired) electrons. The first-order valence-corrected chi connectivity index (χ1v) is 7.72. The second-order valence-corrected chi connectivity index (χ2v) is 6.60. The quantitative estimate of drug-likeness (QED) is 0.938. The number of benzene rings is 1. The van der Waals surface area contributed by atoms with Gasteiger partial charge in [-0.3, -0.25) is 0 Å². The first-order valence-electron chi connectivity index (χ1n) is 7.72. The monoisotopic (exact) mass is 285 g/mol. The van der Waals surface area contributed by atoms with Crippen LogP contribution in [0.2, 0.25) is 0 Å². The normalized spacial score (nSPS) is 21.5. The third-order valence-electron chi connectivity index (χ3n) is 4.22. The summed E-state index contributed by atoms with van der Waals surface area (Å²) in [4.78, 5) is 4.36.